The Bertz CT molecular complexity index is 568. The number of hydrogen-bond acceptors (Lipinski definition) is 4. The largest absolute Gasteiger partial charge is 0.295 e. The molecule has 1 heterocycles. The van der Waals surface area contributed by atoms with Gasteiger partial charge in [-0.25, -0.2) is 4.98 Å². The van der Waals surface area contributed by atoms with Crippen LogP contribution in [-0.4, -0.2) is 21.0 Å². The summed E-state index contributed by atoms with van der Waals surface area (Å²) in [5, 5.41) is 7.50. The summed E-state index contributed by atoms with van der Waals surface area (Å²) in [4.78, 5) is 16.4. The van der Waals surface area contributed by atoms with Gasteiger partial charge in [0.25, 0.3) is 0 Å². The predicted molar refractivity (Wildman–Crippen MR) is 69.4 cm³/mol. The van der Waals surface area contributed by atoms with Crippen molar-refractivity contribution in [3.8, 4) is 0 Å². The standard InChI is InChI=1S/C11H10BrN3OS/c1-6(16)8-3-4-10(9(12)5-8)17-11-13-7(2)14-15-11/h3-5H,1-2H3,(H,13,14,15). The van der Waals surface area contributed by atoms with Crippen LogP contribution in [0, 0.1) is 6.92 Å². The minimum atomic E-state index is 0.0518. The molecule has 0 spiro atoms. The molecule has 0 aliphatic carbocycles. The van der Waals surface area contributed by atoms with Gasteiger partial charge in [-0.2, -0.15) is 0 Å². The molecule has 0 saturated carbocycles. The number of carbonyl (C=O) groups excluding carboxylic acids is 1. The van der Waals surface area contributed by atoms with E-state index in [1.165, 1.54) is 11.8 Å². The van der Waals surface area contributed by atoms with Gasteiger partial charge in [0.1, 0.15) is 5.82 Å². The number of aryl methyl sites for hydroxylation is 1. The third-order valence-corrected chi connectivity index (χ3v) is 3.98. The minimum absolute atomic E-state index is 0.0518. The number of aromatic amines is 1. The maximum absolute atomic E-state index is 11.2. The van der Waals surface area contributed by atoms with Crippen LogP contribution in [0.25, 0.3) is 0 Å². The minimum Gasteiger partial charge on any atom is -0.295 e. The smallest absolute Gasteiger partial charge is 0.213 e. The Morgan fingerprint density at radius 1 is 1.47 bits per heavy atom. The molecule has 2 rings (SSSR count). The van der Waals surface area contributed by atoms with Gasteiger partial charge in [0.05, 0.1) is 0 Å². The topological polar surface area (TPSA) is 58.6 Å². The molecule has 0 atom stereocenters. The fourth-order valence-electron chi connectivity index (χ4n) is 1.27. The number of aromatic nitrogens is 3. The molecule has 0 unspecified atom stereocenters. The normalized spacial score (nSPS) is 10.5. The summed E-state index contributed by atoms with van der Waals surface area (Å²) in [6.07, 6.45) is 0. The summed E-state index contributed by atoms with van der Waals surface area (Å²) in [5.74, 6) is 0.833. The summed E-state index contributed by atoms with van der Waals surface area (Å²) in [5.41, 5.74) is 0.687. The number of rotatable bonds is 3. The average Bonchev–Trinajstić information content (AvgIpc) is 2.67. The SMILES string of the molecule is CC(=O)c1ccc(Sc2n[nH]c(C)n2)c(Br)c1. The average molecular weight is 312 g/mol. The number of halogens is 1. The Morgan fingerprint density at radius 3 is 2.76 bits per heavy atom. The quantitative estimate of drug-likeness (QED) is 0.884. The van der Waals surface area contributed by atoms with Crippen molar-refractivity contribution in [3.05, 3.63) is 34.1 Å². The first-order valence-electron chi connectivity index (χ1n) is 4.93. The lowest BCUT2D eigenvalue weighted by molar-refractivity contribution is 0.101. The van der Waals surface area contributed by atoms with E-state index in [4.69, 9.17) is 0 Å². The lowest BCUT2D eigenvalue weighted by Crippen LogP contribution is -1.91. The molecule has 1 N–H and O–H groups in total. The van der Waals surface area contributed by atoms with E-state index in [1.807, 2.05) is 19.1 Å². The fraction of sp³-hybridized carbons (Fsp3) is 0.182. The third kappa shape index (κ3) is 2.95. The van der Waals surface area contributed by atoms with Gasteiger partial charge in [-0.1, -0.05) is 6.07 Å². The summed E-state index contributed by atoms with van der Waals surface area (Å²) >= 11 is 4.88. The van der Waals surface area contributed by atoms with Crippen LogP contribution >= 0.6 is 27.7 Å². The van der Waals surface area contributed by atoms with E-state index in [0.29, 0.717) is 10.7 Å². The number of hydrogen-bond donors (Lipinski definition) is 1. The molecule has 0 amide bonds. The molecule has 0 aliphatic rings. The Labute approximate surface area is 111 Å². The number of Topliss-reactive ketones (excluding diaryl/α,β-unsaturated/α-hetero) is 1. The zero-order valence-electron chi connectivity index (χ0n) is 9.32. The highest BCUT2D eigenvalue weighted by Crippen LogP contribution is 2.32. The molecule has 88 valence electrons. The molecule has 2 aromatic rings. The van der Waals surface area contributed by atoms with Crippen LogP contribution in [0.5, 0.6) is 0 Å². The Kier molecular flexibility index (Phi) is 3.63. The van der Waals surface area contributed by atoms with Gasteiger partial charge in [-0.05, 0) is 53.7 Å². The molecule has 0 aliphatic heterocycles. The van der Waals surface area contributed by atoms with Crippen LogP contribution in [0.2, 0.25) is 0 Å². The van der Waals surface area contributed by atoms with Gasteiger partial charge >= 0.3 is 0 Å². The molecule has 0 saturated heterocycles. The highest BCUT2D eigenvalue weighted by Gasteiger charge is 2.08. The summed E-state index contributed by atoms with van der Waals surface area (Å²) in [6.45, 7) is 3.40. The summed E-state index contributed by atoms with van der Waals surface area (Å²) in [6, 6.07) is 5.50. The van der Waals surface area contributed by atoms with Crippen molar-refractivity contribution in [2.24, 2.45) is 0 Å². The second-order valence-corrected chi connectivity index (χ2v) is 5.37. The molecule has 17 heavy (non-hydrogen) atoms. The van der Waals surface area contributed by atoms with Crippen molar-refractivity contribution in [1.29, 1.82) is 0 Å². The molecule has 6 heteroatoms. The first-order valence-corrected chi connectivity index (χ1v) is 6.54. The van der Waals surface area contributed by atoms with E-state index in [9.17, 15) is 4.79 Å². The molecule has 0 radical (unpaired) electrons. The molecule has 0 fully saturated rings. The number of H-pyrrole nitrogens is 1. The van der Waals surface area contributed by atoms with Crippen LogP contribution in [0.1, 0.15) is 23.1 Å². The first kappa shape index (κ1) is 12.3. The van der Waals surface area contributed by atoms with E-state index < -0.39 is 0 Å². The van der Waals surface area contributed by atoms with Crippen molar-refractivity contribution >= 4 is 33.5 Å². The highest BCUT2D eigenvalue weighted by molar-refractivity contribution is 9.10. The molecular formula is C11H10BrN3OS. The monoisotopic (exact) mass is 311 g/mol. The molecule has 1 aromatic carbocycles. The predicted octanol–water partition coefficient (Wildman–Crippen LogP) is 3.23. The molecule has 1 aromatic heterocycles. The van der Waals surface area contributed by atoms with Crippen LogP contribution in [-0.2, 0) is 0 Å². The number of benzene rings is 1. The van der Waals surface area contributed by atoms with E-state index in [1.54, 1.807) is 13.0 Å². The Morgan fingerprint density at radius 2 is 2.24 bits per heavy atom. The number of nitrogens with one attached hydrogen (secondary N) is 1. The maximum atomic E-state index is 11.2. The lowest BCUT2D eigenvalue weighted by Gasteiger charge is -2.02. The Balaban J connectivity index is 2.25. The van der Waals surface area contributed by atoms with Gasteiger partial charge in [0.2, 0.25) is 5.16 Å². The third-order valence-electron chi connectivity index (χ3n) is 2.12. The van der Waals surface area contributed by atoms with Gasteiger partial charge in [0.15, 0.2) is 5.78 Å². The van der Waals surface area contributed by atoms with E-state index in [0.717, 1.165) is 15.2 Å². The lowest BCUT2D eigenvalue weighted by atomic mass is 10.2. The fourth-order valence-corrected chi connectivity index (χ4v) is 2.65. The molecular weight excluding hydrogens is 302 g/mol. The second-order valence-electron chi connectivity index (χ2n) is 3.51. The van der Waals surface area contributed by atoms with Crippen LogP contribution in [0.4, 0.5) is 0 Å². The first-order chi connectivity index (χ1) is 8.06. The molecule has 0 bridgehead atoms. The summed E-state index contributed by atoms with van der Waals surface area (Å²) < 4.78 is 0.873. The van der Waals surface area contributed by atoms with Crippen molar-refractivity contribution < 1.29 is 4.79 Å². The molecule has 4 nitrogen and oxygen atoms in total. The van der Waals surface area contributed by atoms with Crippen molar-refractivity contribution in [2.75, 3.05) is 0 Å². The number of carbonyl (C=O) groups is 1. The maximum Gasteiger partial charge on any atom is 0.213 e. The Hall–Kier alpha value is -1.14. The van der Waals surface area contributed by atoms with Gasteiger partial charge in [-0.15, -0.1) is 5.10 Å². The van der Waals surface area contributed by atoms with Crippen LogP contribution < -0.4 is 0 Å². The van der Waals surface area contributed by atoms with Crippen molar-refractivity contribution in [1.82, 2.24) is 15.2 Å². The van der Waals surface area contributed by atoms with E-state index in [-0.39, 0.29) is 5.78 Å². The second kappa shape index (κ2) is 5.01. The van der Waals surface area contributed by atoms with E-state index in [2.05, 4.69) is 31.1 Å². The highest BCUT2D eigenvalue weighted by atomic mass is 79.9. The van der Waals surface area contributed by atoms with Gasteiger partial charge < -0.3 is 0 Å². The summed E-state index contributed by atoms with van der Waals surface area (Å²) in [7, 11) is 0. The zero-order chi connectivity index (χ0) is 12.4. The van der Waals surface area contributed by atoms with Crippen LogP contribution in [0.3, 0.4) is 0 Å². The van der Waals surface area contributed by atoms with Gasteiger partial charge in [-0.3, -0.25) is 9.89 Å². The van der Waals surface area contributed by atoms with Crippen LogP contribution in [0.15, 0.2) is 32.7 Å². The zero-order valence-corrected chi connectivity index (χ0v) is 11.7. The van der Waals surface area contributed by atoms with Gasteiger partial charge in [0, 0.05) is 14.9 Å². The number of ketones is 1. The van der Waals surface area contributed by atoms with E-state index >= 15 is 0 Å². The van der Waals surface area contributed by atoms with Crippen molar-refractivity contribution in [3.63, 3.8) is 0 Å². The number of nitrogens with zero attached hydrogens (tertiary/aromatic N) is 2. The van der Waals surface area contributed by atoms with Crippen molar-refractivity contribution in [2.45, 2.75) is 23.9 Å².